The van der Waals surface area contributed by atoms with Crippen molar-refractivity contribution >= 4 is 23.4 Å². The number of H-pyrrole nitrogens is 1. The number of nitrogens with zero attached hydrogens (tertiary/aromatic N) is 7. The lowest BCUT2D eigenvalue weighted by Gasteiger charge is -2.38. The molecule has 1 unspecified atom stereocenters. The molecule has 1 atom stereocenters. The minimum atomic E-state index is -0.118. The quantitative estimate of drug-likeness (QED) is 0.542. The second kappa shape index (κ2) is 8.78. The van der Waals surface area contributed by atoms with Crippen LogP contribution in [0.2, 0.25) is 5.28 Å². The molecule has 10 nitrogen and oxygen atoms in total. The summed E-state index contributed by atoms with van der Waals surface area (Å²) in [5.41, 5.74) is 1.45. The molecule has 4 rings (SSSR count). The molecular formula is C19H23ClN8O2. The highest BCUT2D eigenvalue weighted by molar-refractivity contribution is 6.28. The van der Waals surface area contributed by atoms with E-state index in [4.69, 9.17) is 16.1 Å². The molecule has 4 heterocycles. The predicted octanol–water partition coefficient (Wildman–Crippen LogP) is 3.64. The van der Waals surface area contributed by atoms with Gasteiger partial charge in [0.05, 0.1) is 17.9 Å². The van der Waals surface area contributed by atoms with Crippen LogP contribution in [0.3, 0.4) is 0 Å². The Kier molecular flexibility index (Phi) is 5.93. The maximum absolute atomic E-state index is 13.0. The number of aryl methyl sites for hydroxylation is 1. The van der Waals surface area contributed by atoms with Crippen molar-refractivity contribution < 1.29 is 9.32 Å². The average molecular weight is 431 g/mol. The van der Waals surface area contributed by atoms with Crippen molar-refractivity contribution in [2.24, 2.45) is 0 Å². The van der Waals surface area contributed by atoms with Gasteiger partial charge in [-0.05, 0) is 37.8 Å². The van der Waals surface area contributed by atoms with Crippen LogP contribution >= 0.6 is 11.6 Å². The van der Waals surface area contributed by atoms with Gasteiger partial charge in [0, 0.05) is 31.9 Å². The number of carbonyl (C=O) groups is 1. The van der Waals surface area contributed by atoms with E-state index in [9.17, 15) is 4.79 Å². The molecule has 0 aromatic carbocycles. The summed E-state index contributed by atoms with van der Waals surface area (Å²) in [6, 6.07) is -0.157. The van der Waals surface area contributed by atoms with Gasteiger partial charge in [-0.15, -0.1) is 0 Å². The number of amides is 2. The number of aromatic nitrogens is 6. The van der Waals surface area contributed by atoms with Gasteiger partial charge in [0.15, 0.2) is 5.82 Å². The fourth-order valence-corrected chi connectivity index (χ4v) is 3.74. The van der Waals surface area contributed by atoms with Crippen molar-refractivity contribution in [3.8, 4) is 11.5 Å². The van der Waals surface area contributed by atoms with E-state index in [1.54, 1.807) is 23.5 Å². The molecule has 11 heteroatoms. The number of halogens is 1. The van der Waals surface area contributed by atoms with Crippen molar-refractivity contribution in [2.45, 2.75) is 45.6 Å². The highest BCUT2D eigenvalue weighted by atomic mass is 35.5. The number of imidazole rings is 1. The zero-order chi connectivity index (χ0) is 21.1. The van der Waals surface area contributed by atoms with Crippen LogP contribution in [0.5, 0.6) is 0 Å². The van der Waals surface area contributed by atoms with Gasteiger partial charge in [0.25, 0.3) is 0 Å². The summed E-state index contributed by atoms with van der Waals surface area (Å²) in [4.78, 5) is 36.5. The summed E-state index contributed by atoms with van der Waals surface area (Å²) >= 11 is 6.06. The number of rotatable bonds is 8. The molecule has 1 aliphatic rings. The van der Waals surface area contributed by atoms with Gasteiger partial charge < -0.3 is 14.4 Å². The Morgan fingerprint density at radius 2 is 2.10 bits per heavy atom. The van der Waals surface area contributed by atoms with Crippen LogP contribution in [0.15, 0.2) is 23.1 Å². The summed E-state index contributed by atoms with van der Waals surface area (Å²) < 4.78 is 5.31. The SMILES string of the molecule is CCCN1C(=O)N(CCCCc2nc(-c3cnccn3)no2)C(C)c2[nH]c(Cl)nc21. The van der Waals surface area contributed by atoms with Crippen LogP contribution in [-0.4, -0.2) is 54.1 Å². The van der Waals surface area contributed by atoms with Gasteiger partial charge in [-0.1, -0.05) is 12.1 Å². The van der Waals surface area contributed by atoms with Gasteiger partial charge in [-0.3, -0.25) is 9.88 Å². The van der Waals surface area contributed by atoms with Crippen LogP contribution < -0.4 is 4.90 Å². The molecule has 1 N–H and O–H groups in total. The number of unbranched alkanes of at least 4 members (excludes halogenated alkanes) is 1. The summed E-state index contributed by atoms with van der Waals surface area (Å²) in [5, 5.41) is 4.26. The third-order valence-electron chi connectivity index (χ3n) is 5.05. The average Bonchev–Trinajstić information content (AvgIpc) is 3.38. The lowest BCUT2D eigenvalue weighted by atomic mass is 10.1. The molecule has 3 aromatic heterocycles. The molecule has 0 radical (unpaired) electrons. The van der Waals surface area contributed by atoms with Crippen molar-refractivity contribution in [2.75, 3.05) is 18.0 Å². The first-order valence-electron chi connectivity index (χ1n) is 10.0. The molecule has 3 aromatic rings. The van der Waals surface area contributed by atoms with E-state index >= 15 is 0 Å². The first-order chi connectivity index (χ1) is 14.6. The van der Waals surface area contributed by atoms with E-state index in [1.807, 2.05) is 18.7 Å². The summed E-state index contributed by atoms with van der Waals surface area (Å²) in [6.45, 7) is 5.23. The third kappa shape index (κ3) is 4.00. The normalized spacial score (nSPS) is 16.2. The first-order valence-corrected chi connectivity index (χ1v) is 10.4. The Labute approximate surface area is 178 Å². The zero-order valence-corrected chi connectivity index (χ0v) is 17.6. The van der Waals surface area contributed by atoms with Crippen molar-refractivity contribution in [3.05, 3.63) is 35.5 Å². The minimum absolute atomic E-state index is 0.0391. The van der Waals surface area contributed by atoms with Gasteiger partial charge in [-0.25, -0.2) is 9.78 Å². The maximum Gasteiger partial charge on any atom is 0.326 e. The number of hydrogen-bond acceptors (Lipinski definition) is 7. The minimum Gasteiger partial charge on any atom is -0.339 e. The largest absolute Gasteiger partial charge is 0.339 e. The third-order valence-corrected chi connectivity index (χ3v) is 5.23. The van der Waals surface area contributed by atoms with E-state index in [1.165, 1.54) is 0 Å². The lowest BCUT2D eigenvalue weighted by Crippen LogP contribution is -2.49. The highest BCUT2D eigenvalue weighted by Crippen LogP contribution is 2.35. The Balaban J connectivity index is 1.36. The Hall–Kier alpha value is -3.01. The molecule has 2 amide bonds. The van der Waals surface area contributed by atoms with Crippen LogP contribution in [0.25, 0.3) is 11.5 Å². The predicted molar refractivity (Wildman–Crippen MR) is 110 cm³/mol. The number of fused-ring (bicyclic) bond motifs is 1. The van der Waals surface area contributed by atoms with Gasteiger partial charge in [-0.2, -0.15) is 9.97 Å². The molecule has 158 valence electrons. The summed E-state index contributed by atoms with van der Waals surface area (Å²) in [7, 11) is 0. The second-order valence-electron chi connectivity index (χ2n) is 7.13. The van der Waals surface area contributed by atoms with Crippen molar-refractivity contribution in [3.63, 3.8) is 0 Å². The monoisotopic (exact) mass is 430 g/mol. The topological polar surface area (TPSA) is 117 Å². The van der Waals surface area contributed by atoms with Crippen LogP contribution in [0.4, 0.5) is 10.6 Å². The van der Waals surface area contributed by atoms with E-state index < -0.39 is 0 Å². The number of carbonyl (C=O) groups excluding carboxylic acids is 1. The smallest absolute Gasteiger partial charge is 0.326 e. The van der Waals surface area contributed by atoms with Crippen LogP contribution in [0, 0.1) is 0 Å². The molecular weight excluding hydrogens is 408 g/mol. The fraction of sp³-hybridized carbons (Fsp3) is 0.474. The number of anilines is 1. The number of aromatic amines is 1. The van der Waals surface area contributed by atoms with E-state index in [0.717, 1.165) is 25.0 Å². The zero-order valence-electron chi connectivity index (χ0n) is 16.9. The van der Waals surface area contributed by atoms with Gasteiger partial charge >= 0.3 is 6.03 Å². The molecule has 0 fully saturated rings. The van der Waals surface area contributed by atoms with Crippen molar-refractivity contribution in [1.82, 2.24) is 35.0 Å². The van der Waals surface area contributed by atoms with Crippen LogP contribution in [0.1, 0.15) is 50.7 Å². The Bertz CT molecular complexity index is 1010. The fourth-order valence-electron chi connectivity index (χ4n) is 3.56. The molecule has 0 spiro atoms. The van der Waals surface area contributed by atoms with Gasteiger partial charge in [0.1, 0.15) is 5.69 Å². The maximum atomic E-state index is 13.0. The summed E-state index contributed by atoms with van der Waals surface area (Å²) in [5.74, 6) is 1.61. The lowest BCUT2D eigenvalue weighted by molar-refractivity contribution is 0.178. The number of hydrogen-bond donors (Lipinski definition) is 1. The molecule has 0 aliphatic carbocycles. The van der Waals surface area contributed by atoms with Crippen LogP contribution in [-0.2, 0) is 6.42 Å². The highest BCUT2D eigenvalue weighted by Gasteiger charge is 2.37. The second-order valence-corrected chi connectivity index (χ2v) is 7.49. The van der Waals surface area contributed by atoms with E-state index in [-0.39, 0.29) is 12.1 Å². The number of urea groups is 1. The molecule has 0 bridgehead atoms. The van der Waals surface area contributed by atoms with Gasteiger partial charge in [0.2, 0.25) is 17.0 Å². The van der Waals surface area contributed by atoms with E-state index in [0.29, 0.717) is 48.0 Å². The summed E-state index contributed by atoms with van der Waals surface area (Å²) in [6.07, 6.45) is 7.85. The molecule has 1 aliphatic heterocycles. The number of nitrogens with one attached hydrogen (secondary N) is 1. The first kappa shape index (κ1) is 20.3. The Morgan fingerprint density at radius 1 is 1.23 bits per heavy atom. The van der Waals surface area contributed by atoms with E-state index in [2.05, 4.69) is 30.1 Å². The Morgan fingerprint density at radius 3 is 2.87 bits per heavy atom. The molecule has 30 heavy (non-hydrogen) atoms. The van der Waals surface area contributed by atoms with Crippen molar-refractivity contribution in [1.29, 1.82) is 0 Å². The molecule has 0 saturated heterocycles. The molecule has 0 saturated carbocycles. The standard InChI is InChI=1S/C19H23ClN8O2/c1-3-9-28-17-15(24-18(20)25-17)12(2)27(19(28)29)10-5-4-6-14-23-16(26-30-14)13-11-21-7-8-22-13/h7-8,11-12H,3-6,9-10H2,1-2H3,(H,24,25).